The van der Waals surface area contributed by atoms with E-state index in [1.807, 2.05) is 6.07 Å². The molecule has 1 saturated heterocycles. The van der Waals surface area contributed by atoms with Crippen molar-refractivity contribution in [3.05, 3.63) is 29.6 Å². The summed E-state index contributed by atoms with van der Waals surface area (Å²) in [6, 6.07) is 5.38. The molecule has 0 bridgehead atoms. The van der Waals surface area contributed by atoms with Gasteiger partial charge in [0.05, 0.1) is 5.69 Å². The predicted molar refractivity (Wildman–Crippen MR) is 74.4 cm³/mol. The molecule has 2 rings (SSSR count). The second-order valence-corrected chi connectivity index (χ2v) is 5.86. The van der Waals surface area contributed by atoms with Crippen LogP contribution < -0.4 is 10.2 Å². The maximum atomic E-state index is 14.1. The molecule has 1 aliphatic heterocycles. The number of hydrogen-bond acceptors (Lipinski definition) is 2. The summed E-state index contributed by atoms with van der Waals surface area (Å²) in [5.41, 5.74) is 2.15. The van der Waals surface area contributed by atoms with Crippen molar-refractivity contribution in [1.82, 2.24) is 5.32 Å². The summed E-state index contributed by atoms with van der Waals surface area (Å²) in [7, 11) is 0. The van der Waals surface area contributed by atoms with E-state index in [1.54, 1.807) is 12.1 Å². The molecule has 0 aliphatic carbocycles. The number of nitrogens with zero attached hydrogens (tertiary/aromatic N) is 1. The monoisotopic (exact) mass is 250 g/mol. The predicted octanol–water partition coefficient (Wildman–Crippen LogP) is 3.17. The highest BCUT2D eigenvalue weighted by atomic mass is 19.1. The van der Waals surface area contributed by atoms with Crippen LogP contribution in [0.1, 0.15) is 32.8 Å². The van der Waals surface area contributed by atoms with Gasteiger partial charge in [0, 0.05) is 19.6 Å². The lowest BCUT2D eigenvalue weighted by atomic mass is 9.93. The van der Waals surface area contributed by atoms with Crippen molar-refractivity contribution in [1.29, 1.82) is 0 Å². The molecule has 1 fully saturated rings. The Morgan fingerprint density at radius 3 is 2.78 bits per heavy atom. The Bertz CT molecular complexity index is 415. The van der Waals surface area contributed by atoms with E-state index >= 15 is 0 Å². The molecular weight excluding hydrogens is 227 g/mol. The fourth-order valence-electron chi connectivity index (χ4n) is 2.62. The number of hydrogen-bond donors (Lipinski definition) is 1. The normalized spacial score (nSPS) is 18.3. The Labute approximate surface area is 109 Å². The van der Waals surface area contributed by atoms with Crippen molar-refractivity contribution >= 4 is 5.69 Å². The fraction of sp³-hybridized carbons (Fsp3) is 0.600. The molecule has 0 amide bonds. The third-order valence-electron chi connectivity index (χ3n) is 3.63. The number of halogens is 1. The summed E-state index contributed by atoms with van der Waals surface area (Å²) >= 11 is 0. The van der Waals surface area contributed by atoms with Crippen molar-refractivity contribution in [2.24, 2.45) is 5.41 Å². The molecule has 1 heterocycles. The molecule has 1 N–H and O–H groups in total. The lowest BCUT2D eigenvalue weighted by Crippen LogP contribution is -2.26. The standard InChI is InChI=1S/C15H23FN2/c1-4-17-10-12-6-5-7-13(16)14(12)18-9-8-15(2,3)11-18/h5-7,17H,4,8-11H2,1-3H3. The van der Waals surface area contributed by atoms with Gasteiger partial charge in [-0.1, -0.05) is 32.9 Å². The summed E-state index contributed by atoms with van der Waals surface area (Å²) in [6.07, 6.45) is 1.13. The average molecular weight is 250 g/mol. The lowest BCUT2D eigenvalue weighted by Gasteiger charge is -2.24. The first-order valence-corrected chi connectivity index (χ1v) is 6.76. The molecule has 2 nitrogen and oxygen atoms in total. The van der Waals surface area contributed by atoms with E-state index in [0.717, 1.165) is 43.9 Å². The smallest absolute Gasteiger partial charge is 0.146 e. The van der Waals surface area contributed by atoms with Crippen LogP contribution in [0.15, 0.2) is 18.2 Å². The number of para-hydroxylation sites is 1. The van der Waals surface area contributed by atoms with Gasteiger partial charge in [-0.15, -0.1) is 0 Å². The van der Waals surface area contributed by atoms with Crippen molar-refractivity contribution in [3.63, 3.8) is 0 Å². The van der Waals surface area contributed by atoms with Crippen molar-refractivity contribution in [2.75, 3.05) is 24.5 Å². The molecule has 0 radical (unpaired) electrons. The minimum Gasteiger partial charge on any atom is -0.368 e. The zero-order chi connectivity index (χ0) is 13.2. The molecule has 0 saturated carbocycles. The lowest BCUT2D eigenvalue weighted by molar-refractivity contribution is 0.418. The van der Waals surface area contributed by atoms with Gasteiger partial charge >= 0.3 is 0 Å². The van der Waals surface area contributed by atoms with Gasteiger partial charge in [-0.3, -0.25) is 0 Å². The Morgan fingerprint density at radius 1 is 1.39 bits per heavy atom. The molecule has 0 spiro atoms. The number of rotatable bonds is 4. The van der Waals surface area contributed by atoms with Gasteiger partial charge in [-0.25, -0.2) is 4.39 Å². The van der Waals surface area contributed by atoms with Crippen LogP contribution in [-0.2, 0) is 6.54 Å². The summed E-state index contributed by atoms with van der Waals surface area (Å²) < 4.78 is 14.1. The molecule has 0 aromatic heterocycles. The topological polar surface area (TPSA) is 15.3 Å². The molecule has 1 aliphatic rings. The van der Waals surface area contributed by atoms with E-state index < -0.39 is 0 Å². The van der Waals surface area contributed by atoms with Gasteiger partial charge in [0.15, 0.2) is 0 Å². The van der Waals surface area contributed by atoms with E-state index in [1.165, 1.54) is 0 Å². The summed E-state index contributed by atoms with van der Waals surface area (Å²) in [4.78, 5) is 2.20. The highest BCUT2D eigenvalue weighted by molar-refractivity contribution is 5.56. The van der Waals surface area contributed by atoms with E-state index in [9.17, 15) is 4.39 Å². The summed E-state index contributed by atoms with van der Waals surface area (Å²) in [5, 5.41) is 3.28. The first kappa shape index (κ1) is 13.3. The van der Waals surface area contributed by atoms with E-state index in [0.29, 0.717) is 0 Å². The Kier molecular flexibility index (Phi) is 3.91. The van der Waals surface area contributed by atoms with Crippen LogP contribution in [0, 0.1) is 11.2 Å². The van der Waals surface area contributed by atoms with Crippen LogP contribution in [0.25, 0.3) is 0 Å². The van der Waals surface area contributed by atoms with E-state index in [-0.39, 0.29) is 11.2 Å². The average Bonchev–Trinajstić information content (AvgIpc) is 2.66. The molecule has 0 unspecified atom stereocenters. The number of benzene rings is 1. The van der Waals surface area contributed by atoms with Crippen molar-refractivity contribution in [3.8, 4) is 0 Å². The zero-order valence-electron chi connectivity index (χ0n) is 11.6. The molecule has 100 valence electrons. The number of nitrogens with one attached hydrogen (secondary N) is 1. The van der Waals surface area contributed by atoms with Gasteiger partial charge in [0.2, 0.25) is 0 Å². The Balaban J connectivity index is 2.25. The number of anilines is 1. The minimum atomic E-state index is -0.0943. The van der Waals surface area contributed by atoms with E-state index in [4.69, 9.17) is 0 Å². The largest absolute Gasteiger partial charge is 0.368 e. The summed E-state index contributed by atoms with van der Waals surface area (Å²) in [5.74, 6) is -0.0943. The van der Waals surface area contributed by atoms with Crippen LogP contribution in [0.2, 0.25) is 0 Å². The van der Waals surface area contributed by atoms with E-state index in [2.05, 4.69) is 31.0 Å². The maximum absolute atomic E-state index is 14.1. The van der Waals surface area contributed by atoms with Gasteiger partial charge in [-0.05, 0) is 30.0 Å². The van der Waals surface area contributed by atoms with Gasteiger partial charge in [-0.2, -0.15) is 0 Å². The third kappa shape index (κ3) is 2.83. The SMILES string of the molecule is CCNCc1cccc(F)c1N1CCC(C)(C)C1. The first-order chi connectivity index (χ1) is 8.53. The van der Waals surface area contributed by atoms with Crippen LogP contribution in [0.4, 0.5) is 10.1 Å². The highest BCUT2D eigenvalue weighted by Crippen LogP contribution is 2.35. The second-order valence-electron chi connectivity index (χ2n) is 5.86. The van der Waals surface area contributed by atoms with Crippen LogP contribution in [-0.4, -0.2) is 19.6 Å². The van der Waals surface area contributed by atoms with Crippen LogP contribution >= 0.6 is 0 Å². The zero-order valence-corrected chi connectivity index (χ0v) is 11.6. The molecular formula is C15H23FN2. The quantitative estimate of drug-likeness (QED) is 0.883. The molecule has 1 aromatic rings. The second kappa shape index (κ2) is 5.27. The van der Waals surface area contributed by atoms with Crippen molar-refractivity contribution < 1.29 is 4.39 Å². The molecule has 1 aromatic carbocycles. The summed E-state index contributed by atoms with van der Waals surface area (Å²) in [6.45, 7) is 10.1. The molecule has 3 heteroatoms. The Hall–Kier alpha value is -1.09. The van der Waals surface area contributed by atoms with Crippen molar-refractivity contribution in [2.45, 2.75) is 33.7 Å². The van der Waals surface area contributed by atoms with Gasteiger partial charge in [0.25, 0.3) is 0 Å². The Morgan fingerprint density at radius 2 is 2.17 bits per heavy atom. The molecule has 18 heavy (non-hydrogen) atoms. The fourth-order valence-corrected chi connectivity index (χ4v) is 2.62. The van der Waals surface area contributed by atoms with Crippen LogP contribution in [0.3, 0.4) is 0 Å². The first-order valence-electron chi connectivity index (χ1n) is 6.76. The van der Waals surface area contributed by atoms with Crippen LogP contribution in [0.5, 0.6) is 0 Å². The van der Waals surface area contributed by atoms with Gasteiger partial charge < -0.3 is 10.2 Å². The van der Waals surface area contributed by atoms with Gasteiger partial charge in [0.1, 0.15) is 5.82 Å². The minimum absolute atomic E-state index is 0.0943. The maximum Gasteiger partial charge on any atom is 0.146 e. The highest BCUT2D eigenvalue weighted by Gasteiger charge is 2.31. The molecule has 0 atom stereocenters. The third-order valence-corrected chi connectivity index (χ3v) is 3.63.